The number of benzene rings is 1. The Labute approximate surface area is 136 Å². The molecule has 0 radical (unpaired) electrons. The first-order valence-corrected chi connectivity index (χ1v) is 7.44. The van der Waals surface area contributed by atoms with Gasteiger partial charge in [0.1, 0.15) is 0 Å². The highest BCUT2D eigenvalue weighted by Gasteiger charge is 2.29. The molecule has 0 bridgehead atoms. The average molecular weight is 325 g/mol. The van der Waals surface area contributed by atoms with E-state index in [-0.39, 0.29) is 17.1 Å². The lowest BCUT2D eigenvalue weighted by Crippen LogP contribution is -2.38. The minimum atomic E-state index is -0.534. The third kappa shape index (κ3) is 1.67. The molecule has 24 heavy (non-hydrogen) atoms. The summed E-state index contributed by atoms with van der Waals surface area (Å²) in [5.74, 6) is 0.0349. The van der Waals surface area contributed by atoms with Crippen LogP contribution in [0.1, 0.15) is 15.9 Å². The number of imidazole rings is 1. The Morgan fingerprint density at radius 2 is 1.71 bits per heavy atom. The van der Waals surface area contributed by atoms with Crippen LogP contribution >= 0.6 is 0 Å². The van der Waals surface area contributed by atoms with E-state index in [0.717, 1.165) is 10.1 Å². The van der Waals surface area contributed by atoms with E-state index in [1.807, 2.05) is 12.1 Å². The molecule has 0 amide bonds. The first-order valence-electron chi connectivity index (χ1n) is 7.44. The number of fused-ring (bicyclic) bond motifs is 4. The minimum Gasteiger partial charge on any atom is -0.341 e. The molecule has 0 unspecified atom stereocenters. The summed E-state index contributed by atoms with van der Waals surface area (Å²) >= 11 is 0. The van der Waals surface area contributed by atoms with Gasteiger partial charge in [0.15, 0.2) is 11.2 Å². The molecule has 0 fully saturated rings. The molecule has 3 aromatic rings. The van der Waals surface area contributed by atoms with Crippen molar-refractivity contribution in [2.24, 2.45) is 14.1 Å². The van der Waals surface area contributed by atoms with Gasteiger partial charge >= 0.3 is 5.69 Å². The van der Waals surface area contributed by atoms with Gasteiger partial charge in [-0.15, -0.1) is 0 Å². The Hall–Kier alpha value is -3.16. The highest BCUT2D eigenvalue weighted by molar-refractivity contribution is 6.04. The Balaban J connectivity index is 2.20. The zero-order valence-electron chi connectivity index (χ0n) is 13.5. The van der Waals surface area contributed by atoms with Gasteiger partial charge in [-0.3, -0.25) is 18.7 Å². The zero-order chi connectivity index (χ0) is 17.2. The Kier molecular flexibility index (Phi) is 2.81. The number of aryl methyl sites for hydroxylation is 1. The summed E-state index contributed by atoms with van der Waals surface area (Å²) in [6.07, 6.45) is 0. The average Bonchev–Trinajstić information content (AvgIpc) is 2.94. The second-order valence-corrected chi connectivity index (χ2v) is 5.94. The predicted octanol–water partition coefficient (Wildman–Crippen LogP) is 0.0720. The third-order valence-electron chi connectivity index (χ3n) is 4.44. The molecule has 8 nitrogen and oxygen atoms in total. The minimum absolute atomic E-state index is 0.114. The number of nitrogens with zero attached hydrogens (tertiary/aromatic N) is 5. The third-order valence-corrected chi connectivity index (χ3v) is 4.44. The fourth-order valence-corrected chi connectivity index (χ4v) is 3.15. The number of rotatable bonds is 0. The molecular weight excluding hydrogens is 310 g/mol. The molecule has 122 valence electrons. The molecule has 1 aliphatic heterocycles. The van der Waals surface area contributed by atoms with E-state index in [0.29, 0.717) is 18.1 Å². The first kappa shape index (κ1) is 14.4. The van der Waals surface area contributed by atoms with Crippen LogP contribution in [0.3, 0.4) is 0 Å². The van der Waals surface area contributed by atoms with Crippen molar-refractivity contribution in [2.75, 3.05) is 11.9 Å². The van der Waals surface area contributed by atoms with Crippen LogP contribution in [0.4, 0.5) is 5.95 Å². The van der Waals surface area contributed by atoms with Crippen LogP contribution in [-0.2, 0) is 20.6 Å². The Morgan fingerprint density at radius 1 is 1.00 bits per heavy atom. The second kappa shape index (κ2) is 4.67. The topological polar surface area (TPSA) is 82.1 Å². The van der Waals surface area contributed by atoms with Crippen LogP contribution in [0.25, 0.3) is 11.2 Å². The van der Waals surface area contributed by atoms with E-state index >= 15 is 0 Å². The van der Waals surface area contributed by atoms with Gasteiger partial charge in [0, 0.05) is 33.3 Å². The van der Waals surface area contributed by atoms with Crippen LogP contribution in [0.5, 0.6) is 0 Å². The van der Waals surface area contributed by atoms with Gasteiger partial charge in [-0.2, -0.15) is 4.98 Å². The Morgan fingerprint density at radius 3 is 2.46 bits per heavy atom. The molecule has 0 N–H and O–H groups in total. The van der Waals surface area contributed by atoms with E-state index in [9.17, 15) is 14.4 Å². The number of hydrogen-bond donors (Lipinski definition) is 0. The van der Waals surface area contributed by atoms with Crippen LogP contribution in [0.2, 0.25) is 0 Å². The molecule has 1 aromatic carbocycles. The summed E-state index contributed by atoms with van der Waals surface area (Å²) in [5.41, 5.74) is 0.702. The number of carbonyl (C=O) groups is 1. The SMILES string of the molecule is CN1Cc2ccccc2C(=O)n2c1nc1c2c(=O)n(C)c(=O)n1C. The van der Waals surface area contributed by atoms with Gasteiger partial charge < -0.3 is 4.90 Å². The molecule has 1 aliphatic rings. The maximum absolute atomic E-state index is 13.1. The highest BCUT2D eigenvalue weighted by Crippen LogP contribution is 2.26. The summed E-state index contributed by atoms with van der Waals surface area (Å²) < 4.78 is 3.58. The van der Waals surface area contributed by atoms with E-state index in [1.54, 1.807) is 24.1 Å². The number of carbonyl (C=O) groups excluding carboxylic acids is 1. The fraction of sp³-hybridized carbons (Fsp3) is 0.250. The highest BCUT2D eigenvalue weighted by atomic mass is 16.2. The summed E-state index contributed by atoms with van der Waals surface area (Å²) in [7, 11) is 4.73. The summed E-state index contributed by atoms with van der Waals surface area (Å²) in [5, 5.41) is 0. The maximum atomic E-state index is 13.1. The smallest absolute Gasteiger partial charge is 0.332 e. The molecule has 0 saturated carbocycles. The van der Waals surface area contributed by atoms with Gasteiger partial charge in [-0.25, -0.2) is 9.36 Å². The molecular formula is C16H15N5O3. The van der Waals surface area contributed by atoms with Crippen molar-refractivity contribution < 1.29 is 4.79 Å². The molecule has 4 rings (SSSR count). The van der Waals surface area contributed by atoms with Crippen molar-refractivity contribution in [3.8, 4) is 0 Å². The van der Waals surface area contributed by atoms with Gasteiger partial charge in [0.25, 0.3) is 11.5 Å². The van der Waals surface area contributed by atoms with Crippen molar-refractivity contribution in [2.45, 2.75) is 6.54 Å². The van der Waals surface area contributed by atoms with Crippen LogP contribution < -0.4 is 16.1 Å². The lowest BCUT2D eigenvalue weighted by atomic mass is 10.1. The molecule has 3 heterocycles. The Bertz CT molecular complexity index is 1140. The standard InChI is InChI=1S/C16H15N5O3/c1-18-8-9-6-4-5-7-10(9)13(22)21-11-12(17-15(18)21)19(2)16(24)20(3)14(11)23/h4-7H,8H2,1-3H3. The van der Waals surface area contributed by atoms with Crippen molar-refractivity contribution >= 4 is 23.0 Å². The first-order chi connectivity index (χ1) is 11.4. The monoisotopic (exact) mass is 325 g/mol. The number of anilines is 1. The van der Waals surface area contributed by atoms with Crippen molar-refractivity contribution in [3.05, 3.63) is 56.2 Å². The fourth-order valence-electron chi connectivity index (χ4n) is 3.15. The second-order valence-electron chi connectivity index (χ2n) is 5.94. The van der Waals surface area contributed by atoms with Crippen molar-refractivity contribution in [3.63, 3.8) is 0 Å². The number of hydrogen-bond acceptors (Lipinski definition) is 5. The van der Waals surface area contributed by atoms with Crippen LogP contribution in [0, 0.1) is 0 Å². The molecule has 2 aromatic heterocycles. The van der Waals surface area contributed by atoms with Gasteiger partial charge in [-0.05, 0) is 11.6 Å². The summed E-state index contributed by atoms with van der Waals surface area (Å²) in [6, 6.07) is 7.27. The van der Waals surface area contributed by atoms with Gasteiger partial charge in [0.05, 0.1) is 0 Å². The van der Waals surface area contributed by atoms with E-state index in [1.165, 1.54) is 23.2 Å². The van der Waals surface area contributed by atoms with Crippen LogP contribution in [0.15, 0.2) is 33.9 Å². The molecule has 0 aliphatic carbocycles. The molecule has 0 atom stereocenters. The van der Waals surface area contributed by atoms with E-state index < -0.39 is 11.2 Å². The lowest BCUT2D eigenvalue weighted by molar-refractivity contribution is 0.0966. The molecule has 0 saturated heterocycles. The van der Waals surface area contributed by atoms with E-state index in [4.69, 9.17) is 0 Å². The quantitative estimate of drug-likeness (QED) is 0.584. The predicted molar refractivity (Wildman–Crippen MR) is 88.5 cm³/mol. The summed E-state index contributed by atoms with van der Waals surface area (Å²) in [4.78, 5) is 44.0. The van der Waals surface area contributed by atoms with Crippen molar-refractivity contribution in [1.82, 2.24) is 18.7 Å². The zero-order valence-corrected chi connectivity index (χ0v) is 13.5. The van der Waals surface area contributed by atoms with Crippen LogP contribution in [-0.4, -0.2) is 31.6 Å². The molecule has 8 heteroatoms. The normalized spacial score (nSPS) is 13.8. The summed E-state index contributed by atoms with van der Waals surface area (Å²) in [6.45, 7) is 0.486. The van der Waals surface area contributed by atoms with Crippen molar-refractivity contribution in [1.29, 1.82) is 0 Å². The van der Waals surface area contributed by atoms with Gasteiger partial charge in [0.2, 0.25) is 5.95 Å². The molecule has 0 spiro atoms. The van der Waals surface area contributed by atoms with Gasteiger partial charge in [-0.1, -0.05) is 18.2 Å². The van der Waals surface area contributed by atoms with E-state index in [2.05, 4.69) is 4.98 Å². The largest absolute Gasteiger partial charge is 0.341 e. The number of aromatic nitrogens is 4. The maximum Gasteiger partial charge on any atom is 0.332 e. The lowest BCUT2D eigenvalue weighted by Gasteiger charge is -2.14.